The number of halogens is 1. The SMILES string of the molecule is CC1CNc2c(ccc(NC3=NCCN3)c2Br)N1.Cc1cnc2cc([N+](=O)[O-])ccc2n1. The van der Waals surface area contributed by atoms with Crippen LogP contribution in [0.3, 0.4) is 0 Å². The summed E-state index contributed by atoms with van der Waals surface area (Å²) in [7, 11) is 0. The summed E-state index contributed by atoms with van der Waals surface area (Å²) in [6.07, 6.45) is 1.59. The minimum absolute atomic E-state index is 0.0376. The third-order valence-corrected chi connectivity index (χ3v) is 5.74. The fourth-order valence-corrected chi connectivity index (χ4v) is 3.94. The third kappa shape index (κ3) is 4.88. The van der Waals surface area contributed by atoms with Gasteiger partial charge in [-0.2, -0.15) is 0 Å². The fourth-order valence-electron chi connectivity index (χ4n) is 3.35. The second-order valence-electron chi connectivity index (χ2n) is 7.50. The monoisotopic (exact) mass is 498 g/mol. The standard InChI is InChI=1S/C12H16BrN5.C9H7N3O2/c1-7-6-16-11-9(17-7)3-2-8(10(11)13)18-12-14-4-5-15-12;1-6-5-10-9-4-7(12(13)14)2-3-8(9)11-6/h2-3,7,16-17H,4-6H2,1H3,(H2,14,15,18);2-5H,1H3. The van der Waals surface area contributed by atoms with Crippen LogP contribution in [0.4, 0.5) is 22.7 Å². The molecule has 10 nitrogen and oxygen atoms in total. The summed E-state index contributed by atoms with van der Waals surface area (Å²) >= 11 is 3.65. The highest BCUT2D eigenvalue weighted by atomic mass is 79.9. The minimum Gasteiger partial charge on any atom is -0.380 e. The van der Waals surface area contributed by atoms with E-state index in [9.17, 15) is 10.1 Å². The Morgan fingerprint density at radius 3 is 2.81 bits per heavy atom. The Morgan fingerprint density at radius 2 is 2.06 bits per heavy atom. The number of nitrogens with one attached hydrogen (secondary N) is 4. The van der Waals surface area contributed by atoms with E-state index in [2.05, 4.69) is 71.2 Å². The Labute approximate surface area is 193 Å². The second kappa shape index (κ2) is 9.35. The van der Waals surface area contributed by atoms with E-state index in [4.69, 9.17) is 0 Å². The van der Waals surface area contributed by atoms with Gasteiger partial charge in [-0.1, -0.05) is 0 Å². The van der Waals surface area contributed by atoms with Crippen molar-refractivity contribution >= 4 is 55.7 Å². The highest BCUT2D eigenvalue weighted by Crippen LogP contribution is 2.38. The second-order valence-corrected chi connectivity index (χ2v) is 8.29. The van der Waals surface area contributed by atoms with Crippen molar-refractivity contribution in [1.82, 2.24) is 15.3 Å². The van der Waals surface area contributed by atoms with Gasteiger partial charge in [-0.15, -0.1) is 0 Å². The van der Waals surface area contributed by atoms with Gasteiger partial charge in [0, 0.05) is 37.5 Å². The van der Waals surface area contributed by atoms with Gasteiger partial charge in [0.1, 0.15) is 0 Å². The lowest BCUT2D eigenvalue weighted by Crippen LogP contribution is -2.31. The minimum atomic E-state index is -0.443. The highest BCUT2D eigenvalue weighted by molar-refractivity contribution is 9.10. The number of nitrogens with zero attached hydrogens (tertiary/aromatic N) is 4. The van der Waals surface area contributed by atoms with Crippen LogP contribution < -0.4 is 21.3 Å². The summed E-state index contributed by atoms with van der Waals surface area (Å²) in [5, 5.41) is 23.9. The number of hydrogen-bond donors (Lipinski definition) is 4. The number of aromatic nitrogens is 2. The summed E-state index contributed by atoms with van der Waals surface area (Å²) in [6, 6.07) is 9.04. The molecule has 0 saturated carbocycles. The van der Waals surface area contributed by atoms with Crippen LogP contribution in [0.5, 0.6) is 0 Å². The van der Waals surface area contributed by atoms with Crippen molar-refractivity contribution in [2.45, 2.75) is 19.9 Å². The predicted octanol–water partition coefficient (Wildman–Crippen LogP) is 3.89. The summed E-state index contributed by atoms with van der Waals surface area (Å²) in [6.45, 7) is 6.65. The fraction of sp³-hybridized carbons (Fsp3) is 0.286. The molecule has 2 aliphatic heterocycles. The molecule has 166 valence electrons. The zero-order valence-corrected chi connectivity index (χ0v) is 19.2. The normalized spacial score (nSPS) is 16.5. The first-order valence-corrected chi connectivity index (χ1v) is 11.0. The lowest BCUT2D eigenvalue weighted by molar-refractivity contribution is -0.384. The van der Waals surface area contributed by atoms with Gasteiger partial charge in [0.2, 0.25) is 0 Å². The number of rotatable bonds is 2. The summed E-state index contributed by atoms with van der Waals surface area (Å²) < 4.78 is 1.04. The quantitative estimate of drug-likeness (QED) is 0.309. The van der Waals surface area contributed by atoms with Gasteiger partial charge in [0.25, 0.3) is 5.69 Å². The molecular weight excluding hydrogens is 476 g/mol. The van der Waals surface area contributed by atoms with E-state index >= 15 is 0 Å². The van der Waals surface area contributed by atoms with Gasteiger partial charge < -0.3 is 21.3 Å². The van der Waals surface area contributed by atoms with Gasteiger partial charge in [-0.3, -0.25) is 20.1 Å². The number of aliphatic imine (C=N–C) groups is 1. The number of nitro benzene ring substituents is 1. The molecule has 0 amide bonds. The van der Waals surface area contributed by atoms with Crippen molar-refractivity contribution in [1.29, 1.82) is 0 Å². The maximum absolute atomic E-state index is 10.5. The van der Waals surface area contributed by atoms with E-state index in [1.807, 2.05) is 6.92 Å². The highest BCUT2D eigenvalue weighted by Gasteiger charge is 2.18. The number of hydrogen-bond acceptors (Lipinski definition) is 9. The first kappa shape index (κ1) is 21.8. The molecule has 11 heteroatoms. The number of non-ortho nitro benzene ring substituents is 1. The smallest absolute Gasteiger partial charge is 0.271 e. The maximum atomic E-state index is 10.5. The van der Waals surface area contributed by atoms with Crippen LogP contribution in [0.15, 0.2) is 46.0 Å². The number of guanidine groups is 1. The summed E-state index contributed by atoms with van der Waals surface area (Å²) in [4.78, 5) is 22.6. The van der Waals surface area contributed by atoms with Gasteiger partial charge in [-0.05, 0) is 48.0 Å². The van der Waals surface area contributed by atoms with Crippen LogP contribution in [-0.4, -0.2) is 46.5 Å². The summed E-state index contributed by atoms with van der Waals surface area (Å²) in [5.74, 6) is 0.841. The molecule has 0 bridgehead atoms. The number of aryl methyl sites for hydroxylation is 1. The molecule has 1 atom stereocenters. The number of anilines is 3. The Hall–Kier alpha value is -3.47. The molecule has 0 aliphatic carbocycles. The van der Waals surface area contributed by atoms with E-state index in [-0.39, 0.29) is 5.69 Å². The van der Waals surface area contributed by atoms with Crippen LogP contribution in [0.1, 0.15) is 12.6 Å². The van der Waals surface area contributed by atoms with Gasteiger partial charge in [0.05, 0.1) is 49.7 Å². The molecule has 5 rings (SSSR count). The Kier molecular flexibility index (Phi) is 6.35. The average molecular weight is 499 g/mol. The lowest BCUT2D eigenvalue weighted by Gasteiger charge is -2.27. The molecule has 4 N–H and O–H groups in total. The van der Waals surface area contributed by atoms with E-state index in [1.54, 1.807) is 12.3 Å². The van der Waals surface area contributed by atoms with Crippen LogP contribution in [0.2, 0.25) is 0 Å². The van der Waals surface area contributed by atoms with Crippen molar-refractivity contribution in [2.24, 2.45) is 4.99 Å². The summed E-state index contributed by atoms with van der Waals surface area (Å²) in [5.41, 5.74) is 5.32. The first-order chi connectivity index (χ1) is 15.4. The van der Waals surface area contributed by atoms with E-state index < -0.39 is 4.92 Å². The average Bonchev–Trinajstić information content (AvgIpc) is 3.29. The van der Waals surface area contributed by atoms with Crippen LogP contribution in [0, 0.1) is 17.0 Å². The molecular formula is C21H23BrN8O2. The van der Waals surface area contributed by atoms with E-state index in [1.165, 1.54) is 12.1 Å². The molecule has 1 aromatic heterocycles. The number of fused-ring (bicyclic) bond motifs is 2. The van der Waals surface area contributed by atoms with Crippen molar-refractivity contribution in [2.75, 3.05) is 35.6 Å². The molecule has 2 aliphatic rings. The van der Waals surface area contributed by atoms with Crippen molar-refractivity contribution < 1.29 is 4.92 Å². The maximum Gasteiger partial charge on any atom is 0.271 e. The molecule has 0 saturated heterocycles. The Balaban J connectivity index is 0.000000158. The molecule has 0 radical (unpaired) electrons. The van der Waals surface area contributed by atoms with Gasteiger partial charge in [-0.25, -0.2) is 4.98 Å². The van der Waals surface area contributed by atoms with Gasteiger partial charge in [0.15, 0.2) is 5.96 Å². The Bertz CT molecular complexity index is 1200. The molecule has 2 aromatic carbocycles. The lowest BCUT2D eigenvalue weighted by atomic mass is 10.1. The van der Waals surface area contributed by atoms with Crippen molar-refractivity contribution in [3.8, 4) is 0 Å². The van der Waals surface area contributed by atoms with E-state index in [0.29, 0.717) is 17.1 Å². The molecule has 32 heavy (non-hydrogen) atoms. The molecule has 3 aromatic rings. The number of benzene rings is 2. The topological polar surface area (TPSA) is 129 Å². The molecule has 0 spiro atoms. The van der Waals surface area contributed by atoms with Gasteiger partial charge >= 0.3 is 0 Å². The molecule has 0 fully saturated rings. The Morgan fingerprint density at radius 1 is 1.22 bits per heavy atom. The van der Waals surface area contributed by atoms with Crippen LogP contribution >= 0.6 is 15.9 Å². The predicted molar refractivity (Wildman–Crippen MR) is 131 cm³/mol. The van der Waals surface area contributed by atoms with Crippen LogP contribution in [-0.2, 0) is 0 Å². The van der Waals surface area contributed by atoms with E-state index in [0.717, 1.165) is 52.8 Å². The first-order valence-electron chi connectivity index (χ1n) is 10.2. The van der Waals surface area contributed by atoms with Crippen LogP contribution in [0.25, 0.3) is 11.0 Å². The molecule has 3 heterocycles. The largest absolute Gasteiger partial charge is 0.380 e. The molecule has 1 unspecified atom stereocenters. The van der Waals surface area contributed by atoms with Crippen molar-refractivity contribution in [3.05, 3.63) is 56.8 Å². The zero-order chi connectivity index (χ0) is 22.7. The third-order valence-electron chi connectivity index (χ3n) is 4.91. The number of nitro groups is 1. The zero-order valence-electron chi connectivity index (χ0n) is 17.6. The van der Waals surface area contributed by atoms with Crippen molar-refractivity contribution in [3.63, 3.8) is 0 Å².